The van der Waals surface area contributed by atoms with Crippen molar-refractivity contribution < 1.29 is 8.78 Å². The number of halogens is 2. The van der Waals surface area contributed by atoms with E-state index in [9.17, 15) is 8.78 Å². The molecule has 2 heteroatoms. The molecule has 1 aliphatic carbocycles. The maximum absolute atomic E-state index is 14.8. The van der Waals surface area contributed by atoms with E-state index >= 15 is 0 Å². The molecule has 0 unspecified atom stereocenters. The minimum atomic E-state index is -0.715. The molecule has 3 aromatic rings. The number of hydrogen-bond donors (Lipinski definition) is 0. The van der Waals surface area contributed by atoms with Crippen molar-refractivity contribution in [2.45, 2.75) is 84.0 Å². The lowest BCUT2D eigenvalue weighted by Gasteiger charge is -2.28. The minimum absolute atomic E-state index is 0.388. The highest BCUT2D eigenvalue weighted by Crippen LogP contribution is 2.37. The Labute approximate surface area is 204 Å². The molecule has 4 rings (SSSR count). The Morgan fingerprint density at radius 2 is 1.53 bits per heavy atom. The van der Waals surface area contributed by atoms with Gasteiger partial charge in [0.1, 0.15) is 0 Å². The summed E-state index contributed by atoms with van der Waals surface area (Å²) in [5.41, 5.74) is 4.28. The Kier molecular flexibility index (Phi) is 8.53. The normalized spacial score (nSPS) is 18.7. The molecule has 0 nitrogen and oxygen atoms in total. The second kappa shape index (κ2) is 11.8. The summed E-state index contributed by atoms with van der Waals surface area (Å²) in [4.78, 5) is 0. The van der Waals surface area contributed by atoms with Crippen LogP contribution in [0.1, 0.15) is 87.0 Å². The van der Waals surface area contributed by atoms with Crippen molar-refractivity contribution in [3.63, 3.8) is 0 Å². The molecule has 3 aromatic carbocycles. The van der Waals surface area contributed by atoms with Crippen molar-refractivity contribution in [3.05, 3.63) is 94.6 Å². The van der Waals surface area contributed by atoms with Crippen molar-refractivity contribution in [2.75, 3.05) is 0 Å². The van der Waals surface area contributed by atoms with Gasteiger partial charge in [0.2, 0.25) is 0 Å². The molecule has 1 aliphatic rings. The molecule has 34 heavy (non-hydrogen) atoms. The Bertz CT molecular complexity index is 1100. The molecule has 1 fully saturated rings. The van der Waals surface area contributed by atoms with Crippen LogP contribution in [-0.2, 0) is 19.3 Å². The van der Waals surface area contributed by atoms with Gasteiger partial charge in [-0.05, 0) is 110 Å². The van der Waals surface area contributed by atoms with Gasteiger partial charge in [-0.2, -0.15) is 0 Å². The van der Waals surface area contributed by atoms with Gasteiger partial charge >= 0.3 is 0 Å². The first-order chi connectivity index (χ1) is 16.6. The topological polar surface area (TPSA) is 0 Å². The molecule has 0 heterocycles. The molecule has 0 bridgehead atoms. The Balaban J connectivity index is 1.38. The third kappa shape index (κ3) is 5.95. The summed E-state index contributed by atoms with van der Waals surface area (Å²) in [5, 5.41) is 1.16. The lowest BCUT2D eigenvalue weighted by molar-refractivity contribution is 0.308. The van der Waals surface area contributed by atoms with Crippen LogP contribution in [0.2, 0.25) is 0 Å². The molecule has 0 radical (unpaired) electrons. The SMILES string of the molecule is C/C=C/CCc1cc2ccc(CCc3ccc(C4CCC(CCC)CC4)cc3)cc2c(F)c1F. The molecule has 0 N–H and O–H groups in total. The summed E-state index contributed by atoms with van der Waals surface area (Å²) in [6.07, 6.45) is 14.9. The van der Waals surface area contributed by atoms with E-state index in [1.807, 2.05) is 31.2 Å². The molecule has 180 valence electrons. The Hall–Kier alpha value is -2.48. The lowest BCUT2D eigenvalue weighted by Crippen LogP contribution is -2.13. The molecule has 1 saturated carbocycles. The van der Waals surface area contributed by atoms with Crippen LogP contribution in [0.15, 0.2) is 60.7 Å². The molecule has 0 amide bonds. The molecule has 0 atom stereocenters. The minimum Gasteiger partial charge on any atom is -0.203 e. The van der Waals surface area contributed by atoms with E-state index in [4.69, 9.17) is 0 Å². The van der Waals surface area contributed by atoms with Crippen LogP contribution in [0, 0.1) is 17.6 Å². The standard InChI is InChI=1S/C32H38F2/c1-3-5-6-8-29-22-28-20-15-25(21-30(28)32(34)31(29)33)10-9-24-13-18-27(19-14-24)26-16-11-23(7-4-2)12-17-26/h3,5,13-15,18-23,26H,4,6-12,16-17H2,1-2H3/b5-3+. The smallest absolute Gasteiger partial charge is 0.166 e. The van der Waals surface area contributed by atoms with Crippen LogP contribution in [-0.4, -0.2) is 0 Å². The zero-order valence-corrected chi connectivity index (χ0v) is 20.8. The van der Waals surface area contributed by atoms with Gasteiger partial charge in [0.15, 0.2) is 11.6 Å². The fraction of sp³-hybridized carbons (Fsp3) is 0.438. The van der Waals surface area contributed by atoms with E-state index in [1.165, 1.54) is 49.7 Å². The molecular formula is C32H38F2. The van der Waals surface area contributed by atoms with Gasteiger partial charge in [-0.25, -0.2) is 8.78 Å². The maximum atomic E-state index is 14.8. The third-order valence-electron chi connectivity index (χ3n) is 7.67. The van der Waals surface area contributed by atoms with Crippen molar-refractivity contribution in [2.24, 2.45) is 5.92 Å². The monoisotopic (exact) mass is 460 g/mol. The van der Waals surface area contributed by atoms with E-state index < -0.39 is 11.6 Å². The first-order valence-electron chi connectivity index (χ1n) is 13.2. The summed E-state index contributed by atoms with van der Waals surface area (Å²) in [7, 11) is 0. The number of fused-ring (bicyclic) bond motifs is 1. The highest BCUT2D eigenvalue weighted by atomic mass is 19.2. The Morgan fingerprint density at radius 1 is 0.824 bits per heavy atom. The fourth-order valence-electron chi connectivity index (χ4n) is 5.61. The summed E-state index contributed by atoms with van der Waals surface area (Å²) in [5.74, 6) is 0.232. The van der Waals surface area contributed by atoms with E-state index in [0.29, 0.717) is 23.3 Å². The van der Waals surface area contributed by atoms with Gasteiger partial charge < -0.3 is 0 Å². The van der Waals surface area contributed by atoms with Gasteiger partial charge in [0.05, 0.1) is 0 Å². The highest BCUT2D eigenvalue weighted by Gasteiger charge is 2.21. The van der Waals surface area contributed by atoms with Crippen LogP contribution < -0.4 is 0 Å². The first kappa shape index (κ1) is 24.6. The van der Waals surface area contributed by atoms with Crippen molar-refractivity contribution in [1.82, 2.24) is 0 Å². The van der Waals surface area contributed by atoms with Crippen molar-refractivity contribution >= 4 is 10.8 Å². The molecule has 0 aliphatic heterocycles. The van der Waals surface area contributed by atoms with E-state index in [1.54, 1.807) is 6.07 Å². The lowest BCUT2D eigenvalue weighted by atomic mass is 9.77. The largest absolute Gasteiger partial charge is 0.203 e. The van der Waals surface area contributed by atoms with Crippen LogP contribution in [0.4, 0.5) is 8.78 Å². The van der Waals surface area contributed by atoms with Crippen molar-refractivity contribution in [1.29, 1.82) is 0 Å². The summed E-state index contributed by atoms with van der Waals surface area (Å²) in [6.45, 7) is 4.23. The fourth-order valence-corrected chi connectivity index (χ4v) is 5.61. The predicted molar refractivity (Wildman–Crippen MR) is 140 cm³/mol. The number of hydrogen-bond acceptors (Lipinski definition) is 0. The first-order valence-corrected chi connectivity index (χ1v) is 13.2. The van der Waals surface area contributed by atoms with Crippen LogP contribution in [0.25, 0.3) is 10.8 Å². The second-order valence-corrected chi connectivity index (χ2v) is 10.1. The van der Waals surface area contributed by atoms with E-state index in [0.717, 1.165) is 36.1 Å². The second-order valence-electron chi connectivity index (χ2n) is 10.1. The van der Waals surface area contributed by atoms with Gasteiger partial charge in [-0.1, -0.05) is 68.3 Å². The molecular weight excluding hydrogens is 422 g/mol. The summed E-state index contributed by atoms with van der Waals surface area (Å²) in [6, 6.07) is 16.7. The van der Waals surface area contributed by atoms with Gasteiger partial charge in [-0.15, -0.1) is 0 Å². The van der Waals surface area contributed by atoms with Crippen LogP contribution >= 0.6 is 0 Å². The van der Waals surface area contributed by atoms with Gasteiger partial charge in [0, 0.05) is 5.39 Å². The van der Waals surface area contributed by atoms with Crippen molar-refractivity contribution in [3.8, 4) is 0 Å². The third-order valence-corrected chi connectivity index (χ3v) is 7.67. The van der Waals surface area contributed by atoms with Crippen LogP contribution in [0.5, 0.6) is 0 Å². The number of benzene rings is 3. The van der Waals surface area contributed by atoms with Gasteiger partial charge in [-0.3, -0.25) is 0 Å². The zero-order valence-electron chi connectivity index (χ0n) is 20.8. The average molecular weight is 461 g/mol. The van der Waals surface area contributed by atoms with Crippen LogP contribution in [0.3, 0.4) is 0 Å². The predicted octanol–water partition coefficient (Wildman–Crippen LogP) is 9.49. The van der Waals surface area contributed by atoms with E-state index in [2.05, 4.69) is 37.3 Å². The molecule has 0 spiro atoms. The summed E-state index contributed by atoms with van der Waals surface area (Å²) >= 11 is 0. The number of allylic oxidation sites excluding steroid dienone is 2. The maximum Gasteiger partial charge on any atom is 0.166 e. The zero-order chi connectivity index (χ0) is 23.9. The van der Waals surface area contributed by atoms with Gasteiger partial charge in [0.25, 0.3) is 0 Å². The quantitative estimate of drug-likeness (QED) is 0.279. The van der Waals surface area contributed by atoms with E-state index in [-0.39, 0.29) is 0 Å². The average Bonchev–Trinajstić information content (AvgIpc) is 2.87. The number of aryl methyl sites for hydroxylation is 3. The highest BCUT2D eigenvalue weighted by molar-refractivity contribution is 5.84. The Morgan fingerprint density at radius 3 is 2.24 bits per heavy atom. The summed E-state index contributed by atoms with van der Waals surface area (Å²) < 4.78 is 29.4. The molecule has 0 saturated heterocycles. The molecule has 0 aromatic heterocycles. The number of rotatable bonds is 9.